The normalized spacial score (nSPS) is 24.0. The van der Waals surface area contributed by atoms with Gasteiger partial charge in [-0.1, -0.05) is 28.9 Å². The third-order valence-corrected chi connectivity index (χ3v) is 5.54. The van der Waals surface area contributed by atoms with E-state index in [0.717, 1.165) is 4.47 Å². The van der Waals surface area contributed by atoms with Crippen LogP contribution in [0.5, 0.6) is 0 Å². The van der Waals surface area contributed by atoms with Crippen LogP contribution in [0.3, 0.4) is 0 Å². The highest BCUT2D eigenvalue weighted by Gasteiger charge is 2.35. The Kier molecular flexibility index (Phi) is 4.91. The van der Waals surface area contributed by atoms with Crippen LogP contribution in [0.2, 0.25) is 6.82 Å². The first-order valence-corrected chi connectivity index (χ1v) is 8.79. The number of hydrogen-bond acceptors (Lipinski definition) is 4. The average molecular weight is 361 g/mol. The number of sulfonamides is 1. The SMILES string of the molecule is CB(O)N1C[C@H](NS(=O)(=O)c2cccc(Br)c2)C[C@@H]1C. The van der Waals surface area contributed by atoms with Crippen molar-refractivity contribution in [2.45, 2.75) is 37.1 Å². The lowest BCUT2D eigenvalue weighted by Crippen LogP contribution is -2.42. The van der Waals surface area contributed by atoms with Crippen LogP contribution in [0.4, 0.5) is 0 Å². The number of hydrogen-bond donors (Lipinski definition) is 2. The summed E-state index contributed by atoms with van der Waals surface area (Å²) in [5.74, 6) is 0. The van der Waals surface area contributed by atoms with Gasteiger partial charge in [-0.3, -0.25) is 0 Å². The van der Waals surface area contributed by atoms with E-state index in [1.807, 2.05) is 11.7 Å². The Hall–Kier alpha value is -0.405. The maximum Gasteiger partial charge on any atom is 0.376 e. The molecule has 0 saturated carbocycles. The molecule has 5 nitrogen and oxygen atoms in total. The monoisotopic (exact) mass is 360 g/mol. The quantitative estimate of drug-likeness (QED) is 0.794. The van der Waals surface area contributed by atoms with E-state index < -0.39 is 17.1 Å². The summed E-state index contributed by atoms with van der Waals surface area (Å²) in [6, 6.07) is 6.60. The number of nitrogens with zero attached hydrogens (tertiary/aromatic N) is 1. The summed E-state index contributed by atoms with van der Waals surface area (Å²) in [4.78, 5) is 2.13. The highest BCUT2D eigenvalue weighted by Crippen LogP contribution is 2.21. The summed E-state index contributed by atoms with van der Waals surface area (Å²) in [5.41, 5.74) is 0. The Balaban J connectivity index is 2.10. The molecule has 110 valence electrons. The summed E-state index contributed by atoms with van der Waals surface area (Å²) in [7, 11) is -4.09. The number of nitrogens with one attached hydrogen (secondary N) is 1. The molecule has 1 aliphatic rings. The third kappa shape index (κ3) is 3.62. The van der Waals surface area contributed by atoms with Gasteiger partial charge in [-0.25, -0.2) is 13.1 Å². The molecule has 1 heterocycles. The second-order valence-corrected chi connectivity index (χ2v) is 7.82. The van der Waals surface area contributed by atoms with E-state index in [1.54, 1.807) is 31.1 Å². The van der Waals surface area contributed by atoms with Gasteiger partial charge in [0.1, 0.15) is 0 Å². The lowest BCUT2D eigenvalue weighted by molar-refractivity contribution is 0.360. The minimum atomic E-state index is -3.53. The maximum atomic E-state index is 12.3. The van der Waals surface area contributed by atoms with E-state index in [-0.39, 0.29) is 17.0 Å². The third-order valence-electron chi connectivity index (χ3n) is 3.53. The zero-order valence-corrected chi connectivity index (χ0v) is 13.9. The molecule has 1 aromatic carbocycles. The fraction of sp³-hybridized carbons (Fsp3) is 0.500. The van der Waals surface area contributed by atoms with Crippen LogP contribution in [0.25, 0.3) is 0 Å². The minimum Gasteiger partial charge on any atom is -0.437 e. The van der Waals surface area contributed by atoms with Gasteiger partial charge in [0.15, 0.2) is 0 Å². The molecule has 0 spiro atoms. The molecule has 1 fully saturated rings. The smallest absolute Gasteiger partial charge is 0.376 e. The summed E-state index contributed by atoms with van der Waals surface area (Å²) in [6.45, 7) is 4.20. The van der Waals surface area contributed by atoms with Crippen molar-refractivity contribution in [2.75, 3.05) is 6.54 Å². The Bertz CT molecular complexity index is 582. The standard InChI is InChI=1S/C12H18BBrN2O3S/c1-9-6-11(8-16(9)13(2)17)15-20(18,19)12-5-3-4-10(14)7-12/h3-5,7,9,11,15,17H,6,8H2,1-2H3/t9-,11+/m0/s1. The first-order chi connectivity index (χ1) is 9.29. The molecule has 1 aromatic rings. The van der Waals surface area contributed by atoms with Crippen molar-refractivity contribution in [3.05, 3.63) is 28.7 Å². The fourth-order valence-corrected chi connectivity index (χ4v) is 4.42. The van der Waals surface area contributed by atoms with Crippen molar-refractivity contribution in [1.82, 2.24) is 9.53 Å². The molecule has 0 amide bonds. The topological polar surface area (TPSA) is 69.6 Å². The molecule has 1 saturated heterocycles. The second-order valence-electron chi connectivity index (χ2n) is 5.19. The Morgan fingerprint density at radius 3 is 2.75 bits per heavy atom. The van der Waals surface area contributed by atoms with Crippen LogP contribution in [0.15, 0.2) is 33.6 Å². The predicted molar refractivity (Wildman–Crippen MR) is 82.9 cm³/mol. The second kappa shape index (κ2) is 6.15. The molecular weight excluding hydrogens is 343 g/mol. The van der Waals surface area contributed by atoms with Crippen molar-refractivity contribution >= 4 is 33.0 Å². The van der Waals surface area contributed by atoms with Crippen LogP contribution in [0.1, 0.15) is 13.3 Å². The Morgan fingerprint density at radius 1 is 1.50 bits per heavy atom. The first-order valence-electron chi connectivity index (χ1n) is 6.51. The van der Waals surface area contributed by atoms with Crippen molar-refractivity contribution in [3.8, 4) is 0 Å². The summed E-state index contributed by atoms with van der Waals surface area (Å²) in [5, 5.41) is 9.63. The van der Waals surface area contributed by atoms with E-state index in [1.165, 1.54) is 0 Å². The maximum absolute atomic E-state index is 12.3. The van der Waals surface area contributed by atoms with E-state index in [4.69, 9.17) is 0 Å². The van der Waals surface area contributed by atoms with Gasteiger partial charge in [-0.05, 0) is 37.5 Å². The number of benzene rings is 1. The van der Waals surface area contributed by atoms with Crippen LogP contribution < -0.4 is 4.72 Å². The van der Waals surface area contributed by atoms with Crippen molar-refractivity contribution in [1.29, 1.82) is 0 Å². The average Bonchev–Trinajstić information content (AvgIpc) is 2.69. The molecule has 20 heavy (non-hydrogen) atoms. The molecule has 0 aromatic heterocycles. The number of halogens is 1. The van der Waals surface area contributed by atoms with Gasteiger partial charge < -0.3 is 9.83 Å². The molecule has 0 radical (unpaired) electrons. The molecule has 1 aliphatic heterocycles. The molecule has 0 aliphatic carbocycles. The Labute approximate surface area is 128 Å². The van der Waals surface area contributed by atoms with Crippen LogP contribution in [-0.4, -0.2) is 43.9 Å². The summed E-state index contributed by atoms with van der Waals surface area (Å²) < 4.78 is 28.1. The minimum absolute atomic E-state index is 0.158. The van der Waals surface area contributed by atoms with Crippen molar-refractivity contribution < 1.29 is 13.4 Å². The largest absolute Gasteiger partial charge is 0.437 e. The molecule has 2 atom stereocenters. The highest BCUT2D eigenvalue weighted by molar-refractivity contribution is 9.10. The lowest BCUT2D eigenvalue weighted by atomic mass is 9.84. The molecule has 8 heteroatoms. The van der Waals surface area contributed by atoms with Gasteiger partial charge >= 0.3 is 7.05 Å². The van der Waals surface area contributed by atoms with Gasteiger partial charge in [0.2, 0.25) is 10.0 Å². The summed E-state index contributed by atoms with van der Waals surface area (Å²) >= 11 is 3.27. The van der Waals surface area contributed by atoms with Gasteiger partial charge in [0.25, 0.3) is 0 Å². The number of rotatable bonds is 4. The van der Waals surface area contributed by atoms with Gasteiger partial charge in [0, 0.05) is 17.1 Å². The van der Waals surface area contributed by atoms with Gasteiger partial charge in [-0.15, -0.1) is 0 Å². The molecule has 0 bridgehead atoms. The van der Waals surface area contributed by atoms with E-state index in [2.05, 4.69) is 20.7 Å². The molecule has 2 rings (SSSR count). The first kappa shape index (κ1) is 16.0. The van der Waals surface area contributed by atoms with E-state index in [0.29, 0.717) is 13.0 Å². The van der Waals surface area contributed by atoms with Crippen molar-refractivity contribution in [3.63, 3.8) is 0 Å². The van der Waals surface area contributed by atoms with Crippen LogP contribution in [-0.2, 0) is 10.0 Å². The van der Waals surface area contributed by atoms with E-state index in [9.17, 15) is 13.4 Å². The zero-order valence-electron chi connectivity index (χ0n) is 11.5. The molecular formula is C12H18BBrN2O3S. The zero-order chi connectivity index (χ0) is 14.9. The summed E-state index contributed by atoms with van der Waals surface area (Å²) in [6.07, 6.45) is 0.693. The fourth-order valence-electron chi connectivity index (χ4n) is 2.58. The lowest BCUT2D eigenvalue weighted by Gasteiger charge is -2.21. The molecule has 0 unspecified atom stereocenters. The van der Waals surface area contributed by atoms with E-state index >= 15 is 0 Å². The van der Waals surface area contributed by atoms with Crippen LogP contribution >= 0.6 is 15.9 Å². The van der Waals surface area contributed by atoms with Gasteiger partial charge in [-0.2, -0.15) is 0 Å². The van der Waals surface area contributed by atoms with Crippen LogP contribution in [0, 0.1) is 0 Å². The predicted octanol–water partition coefficient (Wildman–Crippen LogP) is 1.30. The van der Waals surface area contributed by atoms with Crippen molar-refractivity contribution in [2.24, 2.45) is 0 Å². The van der Waals surface area contributed by atoms with Gasteiger partial charge in [0.05, 0.1) is 4.90 Å². The highest BCUT2D eigenvalue weighted by atomic mass is 79.9. The Morgan fingerprint density at radius 2 is 2.20 bits per heavy atom. The molecule has 2 N–H and O–H groups in total.